The van der Waals surface area contributed by atoms with Gasteiger partial charge in [-0.3, -0.25) is 0 Å². The lowest BCUT2D eigenvalue weighted by atomic mass is 9.96. The number of carboxylic acids is 2. The average molecular weight is 663 g/mol. The highest BCUT2D eigenvalue weighted by Gasteiger charge is 2.50. The van der Waals surface area contributed by atoms with Crippen LogP contribution in [0.2, 0.25) is 5.02 Å². The molecule has 0 fully saturated rings. The fourth-order valence-electron chi connectivity index (χ4n) is 4.28. The van der Waals surface area contributed by atoms with Crippen LogP contribution in [0.5, 0.6) is 17.2 Å². The molecule has 4 rings (SSSR count). The highest BCUT2D eigenvalue weighted by Crippen LogP contribution is 2.43. The number of ether oxygens (including phenoxy) is 3. The minimum absolute atomic E-state index is 0.0169. The number of rotatable bonds is 4. The molecule has 0 spiro atoms. The number of aryl methyl sites for hydroxylation is 2. The molecule has 0 saturated heterocycles. The summed E-state index contributed by atoms with van der Waals surface area (Å²) in [6.07, 6.45) is -18.3. The second-order valence-corrected chi connectivity index (χ2v) is 9.71. The second kappa shape index (κ2) is 12.1. The zero-order valence-electron chi connectivity index (χ0n) is 22.5. The maximum Gasteiger partial charge on any atom is 0.573 e. The van der Waals surface area contributed by atoms with Crippen LogP contribution in [0, 0.1) is 13.8 Å². The number of hydrogen-bond acceptors (Lipinski definition) is 5. The van der Waals surface area contributed by atoms with E-state index in [0.717, 1.165) is 18.2 Å². The summed E-state index contributed by atoms with van der Waals surface area (Å²) in [5.41, 5.74) is -0.863. The minimum Gasteiger partial charge on any atom is -0.478 e. The maximum absolute atomic E-state index is 13.0. The molecule has 0 aliphatic carbocycles. The lowest BCUT2D eigenvalue weighted by Crippen LogP contribution is -2.40. The van der Waals surface area contributed by atoms with Gasteiger partial charge < -0.3 is 24.4 Å². The van der Waals surface area contributed by atoms with Gasteiger partial charge in [0.25, 0.3) is 0 Å². The number of carboxylic acid groups (broad SMARTS) is 2. The van der Waals surface area contributed by atoms with E-state index >= 15 is 0 Å². The van der Waals surface area contributed by atoms with E-state index in [9.17, 15) is 49.1 Å². The van der Waals surface area contributed by atoms with E-state index in [0.29, 0.717) is 22.2 Å². The summed E-state index contributed by atoms with van der Waals surface area (Å²) >= 11 is 6.01. The molecule has 2 aliphatic rings. The SMILES string of the molecule is CCc1cc(OC(F)(F)F)cc2c1O[C@H](C(F)(F)F)C(C(=O)O)=C2.Cc1cc2c(c(C)c1Cl)C=C(C(=O)O)[C@@H](C(F)(F)F)O2. The Morgan fingerprint density at radius 3 is 1.86 bits per heavy atom. The smallest absolute Gasteiger partial charge is 0.478 e. The Hall–Kier alpha value is -4.08. The summed E-state index contributed by atoms with van der Waals surface area (Å²) in [5.74, 6) is -4.57. The van der Waals surface area contributed by atoms with Crippen molar-refractivity contribution in [3.8, 4) is 17.2 Å². The number of aliphatic carboxylic acids is 2. The first kappa shape index (κ1) is 34.4. The summed E-state index contributed by atoms with van der Waals surface area (Å²) in [7, 11) is 0. The Bertz CT molecular complexity index is 1540. The Kier molecular flexibility index (Phi) is 9.49. The molecule has 2 N–H and O–H groups in total. The molecule has 2 heterocycles. The van der Waals surface area contributed by atoms with Crippen molar-refractivity contribution in [3.63, 3.8) is 0 Å². The summed E-state index contributed by atoms with van der Waals surface area (Å²) in [5, 5.41) is 18.2. The van der Waals surface area contributed by atoms with Crippen LogP contribution in [-0.2, 0) is 16.0 Å². The number of carbonyl (C=O) groups is 2. The van der Waals surface area contributed by atoms with E-state index < -0.39 is 59.8 Å². The van der Waals surface area contributed by atoms with Crippen LogP contribution in [0.4, 0.5) is 39.5 Å². The summed E-state index contributed by atoms with van der Waals surface area (Å²) < 4.78 is 128. The first-order valence-corrected chi connectivity index (χ1v) is 12.5. The fourth-order valence-corrected chi connectivity index (χ4v) is 4.44. The van der Waals surface area contributed by atoms with Gasteiger partial charge in [0, 0.05) is 16.1 Å². The van der Waals surface area contributed by atoms with Crippen molar-refractivity contribution in [3.05, 3.63) is 62.2 Å². The monoisotopic (exact) mass is 662 g/mol. The van der Waals surface area contributed by atoms with E-state index in [1.165, 1.54) is 13.0 Å². The van der Waals surface area contributed by atoms with E-state index in [-0.39, 0.29) is 34.6 Å². The summed E-state index contributed by atoms with van der Waals surface area (Å²) in [6, 6.07) is 3.05. The lowest BCUT2D eigenvalue weighted by Gasteiger charge is -2.28. The molecule has 0 bridgehead atoms. The normalized spacial score (nSPS) is 17.8. The molecule has 2 aromatic rings. The first-order chi connectivity index (χ1) is 20.0. The molecule has 2 aromatic carbocycles. The van der Waals surface area contributed by atoms with Gasteiger partial charge in [-0.15, -0.1) is 13.2 Å². The Morgan fingerprint density at radius 1 is 0.864 bits per heavy atom. The molecule has 0 unspecified atom stereocenters. The molecule has 240 valence electrons. The highest BCUT2D eigenvalue weighted by molar-refractivity contribution is 6.32. The third-order valence-corrected chi connectivity index (χ3v) is 6.80. The van der Waals surface area contributed by atoms with Gasteiger partial charge in [0.1, 0.15) is 17.2 Å². The van der Waals surface area contributed by atoms with E-state index in [2.05, 4.69) is 4.74 Å². The Morgan fingerprint density at radius 2 is 1.39 bits per heavy atom. The predicted octanol–water partition coefficient (Wildman–Crippen LogP) is 7.69. The van der Waals surface area contributed by atoms with Crippen LogP contribution < -0.4 is 14.2 Å². The Balaban J connectivity index is 0.000000244. The molecular weight excluding hydrogens is 643 g/mol. The second-order valence-electron chi connectivity index (χ2n) is 9.34. The number of halogens is 10. The maximum atomic E-state index is 13.0. The van der Waals surface area contributed by atoms with Crippen LogP contribution in [0.1, 0.15) is 34.7 Å². The average Bonchev–Trinajstić information content (AvgIpc) is 2.88. The first-order valence-electron chi connectivity index (χ1n) is 12.1. The molecule has 44 heavy (non-hydrogen) atoms. The predicted molar refractivity (Wildman–Crippen MR) is 136 cm³/mol. The Labute approximate surface area is 247 Å². The molecule has 0 radical (unpaired) electrons. The van der Waals surface area contributed by atoms with Crippen LogP contribution in [0.15, 0.2) is 29.3 Å². The van der Waals surface area contributed by atoms with Gasteiger partial charge in [0.05, 0.1) is 11.1 Å². The minimum atomic E-state index is -5.00. The van der Waals surface area contributed by atoms with Gasteiger partial charge >= 0.3 is 30.7 Å². The van der Waals surface area contributed by atoms with Crippen molar-refractivity contribution in [1.29, 1.82) is 0 Å². The van der Waals surface area contributed by atoms with Crippen molar-refractivity contribution < 1.29 is 73.5 Å². The molecule has 0 saturated carbocycles. The van der Waals surface area contributed by atoms with Crippen LogP contribution in [-0.4, -0.2) is 53.1 Å². The van der Waals surface area contributed by atoms with E-state index in [4.69, 9.17) is 31.3 Å². The van der Waals surface area contributed by atoms with E-state index in [1.807, 2.05) is 0 Å². The molecule has 0 aromatic heterocycles. The number of benzene rings is 2. The molecule has 0 amide bonds. The molecular formula is C27H20ClF9O7. The number of fused-ring (bicyclic) bond motifs is 2. The lowest BCUT2D eigenvalue weighted by molar-refractivity contribution is -0.274. The van der Waals surface area contributed by atoms with Gasteiger partial charge in [-0.05, 0) is 67.3 Å². The standard InChI is InChI=1S/C14H10F6O4.C13H10ClF3O3/c1-2-6-3-8(24-14(18,19)20)4-7-5-9(12(21)22)11(13(15,16)17)23-10(6)7;1-5-3-9-7(6(2)10(5)14)4-8(12(18)19)11(20-9)13(15,16)17/h3-5,11H,2H2,1H3,(H,21,22);3-4,11H,1-2H3,(H,18,19)/t2*11-/m00/s1. The van der Waals surface area contributed by atoms with Crippen molar-refractivity contribution in [2.75, 3.05) is 0 Å². The van der Waals surface area contributed by atoms with Gasteiger partial charge in [-0.1, -0.05) is 18.5 Å². The quantitative estimate of drug-likeness (QED) is 0.324. The molecule has 17 heteroatoms. The zero-order valence-corrected chi connectivity index (χ0v) is 23.2. The third-order valence-electron chi connectivity index (χ3n) is 6.22. The third kappa shape index (κ3) is 7.52. The highest BCUT2D eigenvalue weighted by atomic mass is 35.5. The van der Waals surface area contributed by atoms with Crippen LogP contribution in [0.25, 0.3) is 12.2 Å². The molecule has 2 aliphatic heterocycles. The van der Waals surface area contributed by atoms with Crippen molar-refractivity contribution in [2.24, 2.45) is 0 Å². The zero-order chi connectivity index (χ0) is 33.5. The summed E-state index contributed by atoms with van der Waals surface area (Å²) in [6.45, 7) is 4.73. The largest absolute Gasteiger partial charge is 0.573 e. The topological polar surface area (TPSA) is 102 Å². The molecule has 2 atom stereocenters. The van der Waals surface area contributed by atoms with Gasteiger partial charge in [-0.2, -0.15) is 26.3 Å². The number of alkyl halides is 9. The number of hydrogen-bond donors (Lipinski definition) is 2. The van der Waals surface area contributed by atoms with Gasteiger partial charge in [0.2, 0.25) is 12.2 Å². The fraction of sp³-hybridized carbons (Fsp3) is 0.333. The van der Waals surface area contributed by atoms with Crippen molar-refractivity contribution in [2.45, 2.75) is 58.1 Å². The molecule has 7 nitrogen and oxygen atoms in total. The van der Waals surface area contributed by atoms with Crippen molar-refractivity contribution >= 4 is 35.7 Å². The van der Waals surface area contributed by atoms with Crippen molar-refractivity contribution in [1.82, 2.24) is 0 Å². The summed E-state index contributed by atoms with van der Waals surface area (Å²) in [4.78, 5) is 22.0. The van der Waals surface area contributed by atoms with Crippen LogP contribution in [0.3, 0.4) is 0 Å². The van der Waals surface area contributed by atoms with Gasteiger partial charge in [-0.25, -0.2) is 9.59 Å². The van der Waals surface area contributed by atoms with Crippen LogP contribution >= 0.6 is 11.6 Å². The van der Waals surface area contributed by atoms with Gasteiger partial charge in [0.15, 0.2) is 0 Å². The van der Waals surface area contributed by atoms with E-state index in [1.54, 1.807) is 13.8 Å².